The van der Waals surface area contributed by atoms with Gasteiger partial charge in [-0.1, -0.05) is 0 Å². The van der Waals surface area contributed by atoms with E-state index in [1.807, 2.05) is 23.1 Å². The third-order valence-corrected chi connectivity index (χ3v) is 6.21. The van der Waals surface area contributed by atoms with E-state index in [-0.39, 0.29) is 18.6 Å². The lowest BCUT2D eigenvalue weighted by atomic mass is 10.0. The molecule has 3 heterocycles. The van der Waals surface area contributed by atoms with Crippen molar-refractivity contribution in [1.82, 2.24) is 4.90 Å². The molecule has 3 aliphatic heterocycles. The molecule has 2 saturated heterocycles. The molecule has 0 bridgehead atoms. The molecule has 5 rings (SSSR count). The minimum Gasteiger partial charge on any atom is -0.454 e. The molecule has 0 atom stereocenters. The van der Waals surface area contributed by atoms with Crippen LogP contribution in [0.4, 0.5) is 11.4 Å². The maximum absolute atomic E-state index is 13.3. The van der Waals surface area contributed by atoms with Crippen LogP contribution in [0.25, 0.3) is 0 Å². The van der Waals surface area contributed by atoms with Crippen LogP contribution in [0.5, 0.6) is 11.5 Å². The number of hydrogen-bond donors (Lipinski definition) is 1. The van der Waals surface area contributed by atoms with E-state index in [1.54, 1.807) is 18.2 Å². The lowest BCUT2D eigenvalue weighted by Crippen LogP contribution is -2.34. The number of carbonyl (C=O) groups excluding carboxylic acids is 2. The molecule has 3 aliphatic rings. The number of likely N-dealkylation sites (tertiary alicyclic amines) is 1. The van der Waals surface area contributed by atoms with E-state index in [4.69, 9.17) is 9.47 Å². The van der Waals surface area contributed by atoms with E-state index in [9.17, 15) is 9.59 Å². The smallest absolute Gasteiger partial charge is 0.256 e. The van der Waals surface area contributed by atoms with E-state index in [2.05, 4.69) is 10.2 Å². The van der Waals surface area contributed by atoms with Crippen molar-refractivity contribution < 1.29 is 19.1 Å². The van der Waals surface area contributed by atoms with Crippen LogP contribution in [0.15, 0.2) is 36.4 Å². The van der Waals surface area contributed by atoms with Gasteiger partial charge >= 0.3 is 0 Å². The number of ether oxygens (including phenoxy) is 2. The fourth-order valence-corrected chi connectivity index (χ4v) is 4.53. The minimum atomic E-state index is -0.247. The Labute approximate surface area is 181 Å². The van der Waals surface area contributed by atoms with Crippen LogP contribution in [0.1, 0.15) is 52.8 Å². The van der Waals surface area contributed by atoms with Gasteiger partial charge in [0.05, 0.1) is 5.56 Å². The number of carbonyl (C=O) groups is 2. The van der Waals surface area contributed by atoms with E-state index in [0.29, 0.717) is 28.3 Å². The van der Waals surface area contributed by atoms with Crippen molar-refractivity contribution >= 4 is 23.2 Å². The standard InChI is InChI=1S/C24H27N3O4/c28-23(17-6-9-21-22(14-17)31-16-30-21)25-18-7-8-20(26-10-2-1-3-11-26)19(15-18)24(29)27-12-4-5-13-27/h6-9,14-15H,1-5,10-13,16H2,(H,25,28). The number of piperidine rings is 1. The molecule has 2 aromatic rings. The van der Waals surface area contributed by atoms with Gasteiger partial charge in [-0.15, -0.1) is 0 Å². The molecule has 0 radical (unpaired) electrons. The highest BCUT2D eigenvalue weighted by molar-refractivity contribution is 6.06. The van der Waals surface area contributed by atoms with Crippen molar-refractivity contribution in [2.24, 2.45) is 0 Å². The maximum atomic E-state index is 13.3. The van der Waals surface area contributed by atoms with Gasteiger partial charge in [0.15, 0.2) is 11.5 Å². The highest BCUT2D eigenvalue weighted by Gasteiger charge is 2.25. The first-order valence-corrected chi connectivity index (χ1v) is 11.1. The second-order valence-corrected chi connectivity index (χ2v) is 8.30. The van der Waals surface area contributed by atoms with Gasteiger partial charge in [-0.2, -0.15) is 0 Å². The largest absolute Gasteiger partial charge is 0.454 e. The summed E-state index contributed by atoms with van der Waals surface area (Å²) in [5, 5.41) is 2.94. The average molecular weight is 421 g/mol. The number of rotatable bonds is 4. The number of benzene rings is 2. The summed E-state index contributed by atoms with van der Waals surface area (Å²) in [7, 11) is 0. The third-order valence-electron chi connectivity index (χ3n) is 6.21. The van der Waals surface area contributed by atoms with Crippen LogP contribution in [-0.4, -0.2) is 49.7 Å². The van der Waals surface area contributed by atoms with Crippen LogP contribution in [-0.2, 0) is 0 Å². The van der Waals surface area contributed by atoms with Crippen molar-refractivity contribution in [2.75, 3.05) is 43.2 Å². The molecule has 2 amide bonds. The summed E-state index contributed by atoms with van der Waals surface area (Å²) >= 11 is 0. The van der Waals surface area contributed by atoms with Crippen LogP contribution in [0.2, 0.25) is 0 Å². The zero-order valence-corrected chi connectivity index (χ0v) is 17.6. The monoisotopic (exact) mass is 421 g/mol. The summed E-state index contributed by atoms with van der Waals surface area (Å²) in [6.07, 6.45) is 5.60. The Bertz CT molecular complexity index is 994. The van der Waals surface area contributed by atoms with Crippen molar-refractivity contribution in [3.63, 3.8) is 0 Å². The highest BCUT2D eigenvalue weighted by Crippen LogP contribution is 2.33. The second kappa shape index (κ2) is 8.49. The molecule has 2 fully saturated rings. The molecular formula is C24H27N3O4. The summed E-state index contributed by atoms with van der Waals surface area (Å²) in [6.45, 7) is 3.69. The molecule has 0 aliphatic carbocycles. The van der Waals surface area contributed by atoms with Crippen molar-refractivity contribution in [3.05, 3.63) is 47.5 Å². The lowest BCUT2D eigenvalue weighted by molar-refractivity contribution is 0.0793. The van der Waals surface area contributed by atoms with Crippen LogP contribution in [0.3, 0.4) is 0 Å². The van der Waals surface area contributed by atoms with Gasteiger partial charge in [-0.05, 0) is 68.5 Å². The molecule has 1 N–H and O–H groups in total. The van der Waals surface area contributed by atoms with Crippen molar-refractivity contribution in [2.45, 2.75) is 32.1 Å². The average Bonchev–Trinajstić information content (AvgIpc) is 3.51. The zero-order chi connectivity index (χ0) is 21.2. The van der Waals surface area contributed by atoms with E-state index in [0.717, 1.165) is 57.5 Å². The van der Waals surface area contributed by atoms with Gasteiger partial charge in [-0.3, -0.25) is 9.59 Å². The summed E-state index contributed by atoms with van der Waals surface area (Å²) in [6, 6.07) is 10.8. The summed E-state index contributed by atoms with van der Waals surface area (Å²) in [5.74, 6) is 1.01. The molecule has 162 valence electrons. The Morgan fingerprint density at radius 1 is 0.806 bits per heavy atom. The van der Waals surface area contributed by atoms with Gasteiger partial charge in [0, 0.05) is 43.1 Å². The molecule has 0 aromatic heterocycles. The maximum Gasteiger partial charge on any atom is 0.256 e. The van der Waals surface area contributed by atoms with Gasteiger partial charge < -0.3 is 24.6 Å². The summed E-state index contributed by atoms with van der Waals surface area (Å²) in [4.78, 5) is 30.4. The molecule has 7 nitrogen and oxygen atoms in total. The third kappa shape index (κ3) is 4.04. The minimum absolute atomic E-state index is 0.0530. The Morgan fingerprint density at radius 2 is 1.55 bits per heavy atom. The fraction of sp³-hybridized carbons (Fsp3) is 0.417. The van der Waals surface area contributed by atoms with Crippen molar-refractivity contribution in [1.29, 1.82) is 0 Å². The number of nitrogens with one attached hydrogen (secondary N) is 1. The lowest BCUT2D eigenvalue weighted by Gasteiger charge is -2.31. The predicted molar refractivity (Wildman–Crippen MR) is 118 cm³/mol. The van der Waals surface area contributed by atoms with Crippen LogP contribution < -0.4 is 19.7 Å². The SMILES string of the molecule is O=C(Nc1ccc(N2CCCCC2)c(C(=O)N2CCCC2)c1)c1ccc2c(c1)OCO2. The number of anilines is 2. The zero-order valence-electron chi connectivity index (χ0n) is 17.6. The van der Waals surface area contributed by atoms with Crippen LogP contribution >= 0.6 is 0 Å². The van der Waals surface area contributed by atoms with E-state index >= 15 is 0 Å². The molecule has 0 unspecified atom stereocenters. The first kappa shape index (κ1) is 19.7. The molecule has 0 spiro atoms. The van der Waals surface area contributed by atoms with E-state index in [1.165, 1.54) is 6.42 Å². The van der Waals surface area contributed by atoms with Gasteiger partial charge in [-0.25, -0.2) is 0 Å². The first-order valence-electron chi connectivity index (χ1n) is 11.1. The number of fused-ring (bicyclic) bond motifs is 1. The Kier molecular flexibility index (Phi) is 5.40. The Hall–Kier alpha value is -3.22. The summed E-state index contributed by atoms with van der Waals surface area (Å²) in [5.41, 5.74) is 2.74. The predicted octanol–water partition coefficient (Wildman–Crippen LogP) is 3.89. The highest BCUT2D eigenvalue weighted by atomic mass is 16.7. The molecule has 7 heteroatoms. The molecule has 2 aromatic carbocycles. The van der Waals surface area contributed by atoms with Gasteiger partial charge in [0.25, 0.3) is 11.8 Å². The van der Waals surface area contributed by atoms with Gasteiger partial charge in [0.2, 0.25) is 6.79 Å². The molecular weight excluding hydrogens is 394 g/mol. The topological polar surface area (TPSA) is 71.1 Å². The number of amides is 2. The molecule has 0 saturated carbocycles. The quantitative estimate of drug-likeness (QED) is 0.811. The number of nitrogens with zero attached hydrogens (tertiary/aromatic N) is 2. The van der Waals surface area contributed by atoms with Gasteiger partial charge in [0.1, 0.15) is 0 Å². The Morgan fingerprint density at radius 3 is 2.35 bits per heavy atom. The first-order chi connectivity index (χ1) is 15.2. The normalized spacial score (nSPS) is 17.7. The van der Waals surface area contributed by atoms with Crippen molar-refractivity contribution in [3.8, 4) is 11.5 Å². The fourth-order valence-electron chi connectivity index (χ4n) is 4.53. The second-order valence-electron chi connectivity index (χ2n) is 8.30. The van der Waals surface area contributed by atoms with E-state index < -0.39 is 0 Å². The summed E-state index contributed by atoms with van der Waals surface area (Å²) < 4.78 is 10.7. The van der Waals surface area contributed by atoms with Crippen LogP contribution in [0, 0.1) is 0 Å². The Balaban J connectivity index is 1.41. The molecule has 31 heavy (non-hydrogen) atoms. The number of hydrogen-bond acceptors (Lipinski definition) is 5.